The van der Waals surface area contributed by atoms with E-state index >= 15 is 0 Å². The van der Waals surface area contributed by atoms with Gasteiger partial charge in [-0.15, -0.1) is 0 Å². The van der Waals surface area contributed by atoms with Gasteiger partial charge in [0.25, 0.3) is 5.91 Å². The zero-order chi connectivity index (χ0) is 24.8. The Morgan fingerprint density at radius 3 is 2.26 bits per heavy atom. The highest BCUT2D eigenvalue weighted by Gasteiger charge is 2.13. The van der Waals surface area contributed by atoms with Crippen LogP contribution in [-0.2, 0) is 17.8 Å². The van der Waals surface area contributed by atoms with Crippen molar-refractivity contribution < 1.29 is 9.53 Å². The Balaban J connectivity index is 1.48. The summed E-state index contributed by atoms with van der Waals surface area (Å²) in [5.74, 6) is -0.168. The molecule has 174 valence electrons. The van der Waals surface area contributed by atoms with Crippen molar-refractivity contribution in [1.29, 1.82) is 5.26 Å². The summed E-state index contributed by atoms with van der Waals surface area (Å²) < 4.78 is 5.91. The van der Waals surface area contributed by atoms with E-state index in [1.54, 1.807) is 24.3 Å². The van der Waals surface area contributed by atoms with Crippen LogP contribution < -0.4 is 10.1 Å². The average Bonchev–Trinajstić information content (AvgIpc) is 2.87. The maximum atomic E-state index is 12.6. The molecule has 4 aromatic rings. The minimum Gasteiger partial charge on any atom is -0.486 e. The summed E-state index contributed by atoms with van der Waals surface area (Å²) in [5.41, 5.74) is 3.20. The number of anilines is 1. The lowest BCUT2D eigenvalue weighted by atomic mass is 10.1. The maximum absolute atomic E-state index is 12.6. The van der Waals surface area contributed by atoms with Gasteiger partial charge >= 0.3 is 0 Å². The molecule has 0 spiro atoms. The lowest BCUT2D eigenvalue weighted by Gasteiger charge is -2.12. The van der Waals surface area contributed by atoms with Crippen molar-refractivity contribution in [2.75, 3.05) is 5.32 Å². The summed E-state index contributed by atoms with van der Waals surface area (Å²) in [6.45, 7) is 2.35. The van der Waals surface area contributed by atoms with Gasteiger partial charge in [0.2, 0.25) is 0 Å². The third kappa shape index (κ3) is 6.02. The highest BCUT2D eigenvalue weighted by Crippen LogP contribution is 2.35. The van der Waals surface area contributed by atoms with E-state index in [1.807, 2.05) is 48.5 Å². The van der Waals surface area contributed by atoms with Crippen molar-refractivity contribution in [2.45, 2.75) is 20.0 Å². The summed E-state index contributed by atoms with van der Waals surface area (Å²) >= 11 is 12.9. The van der Waals surface area contributed by atoms with Gasteiger partial charge in [0.15, 0.2) is 5.75 Å². The molecule has 35 heavy (non-hydrogen) atoms. The van der Waals surface area contributed by atoms with Crippen molar-refractivity contribution in [2.24, 2.45) is 0 Å². The highest BCUT2D eigenvalue weighted by atomic mass is 35.5. The molecule has 4 nitrogen and oxygen atoms in total. The summed E-state index contributed by atoms with van der Waals surface area (Å²) in [6.07, 6.45) is 2.35. The fourth-order valence-electron chi connectivity index (χ4n) is 3.62. The van der Waals surface area contributed by atoms with E-state index in [1.165, 1.54) is 6.08 Å². The smallest absolute Gasteiger partial charge is 0.266 e. The zero-order valence-corrected chi connectivity index (χ0v) is 20.5. The number of nitriles is 1. The van der Waals surface area contributed by atoms with E-state index in [9.17, 15) is 10.1 Å². The van der Waals surface area contributed by atoms with Gasteiger partial charge in [0.05, 0.1) is 10.0 Å². The highest BCUT2D eigenvalue weighted by molar-refractivity contribution is 6.37. The molecular formula is C29H22Cl2N2O2. The van der Waals surface area contributed by atoms with Crippen LogP contribution in [-0.4, -0.2) is 5.91 Å². The van der Waals surface area contributed by atoms with Gasteiger partial charge in [-0.25, -0.2) is 0 Å². The molecular weight excluding hydrogens is 479 g/mol. The van der Waals surface area contributed by atoms with Crippen LogP contribution in [0.4, 0.5) is 5.69 Å². The normalized spacial score (nSPS) is 11.2. The average molecular weight is 501 g/mol. The Morgan fingerprint density at radius 2 is 1.60 bits per heavy atom. The number of amides is 1. The number of hydrogen-bond acceptors (Lipinski definition) is 3. The third-order valence-electron chi connectivity index (χ3n) is 5.51. The van der Waals surface area contributed by atoms with Crippen LogP contribution in [0, 0.1) is 11.3 Å². The topological polar surface area (TPSA) is 62.1 Å². The lowest BCUT2D eigenvalue weighted by molar-refractivity contribution is -0.112. The quantitative estimate of drug-likeness (QED) is 0.207. The molecule has 0 saturated carbocycles. The molecule has 0 aliphatic rings. The van der Waals surface area contributed by atoms with Crippen molar-refractivity contribution in [3.05, 3.63) is 111 Å². The Labute approximate surface area is 214 Å². The molecule has 0 bridgehead atoms. The molecule has 0 aromatic heterocycles. The van der Waals surface area contributed by atoms with Gasteiger partial charge in [-0.2, -0.15) is 5.26 Å². The van der Waals surface area contributed by atoms with Crippen LogP contribution in [0.25, 0.3) is 16.8 Å². The summed E-state index contributed by atoms with van der Waals surface area (Å²) in [4.78, 5) is 12.6. The molecule has 4 aromatic carbocycles. The monoisotopic (exact) mass is 500 g/mol. The number of ether oxygens (including phenoxy) is 1. The molecule has 4 rings (SSSR count). The Kier molecular flexibility index (Phi) is 7.72. The predicted octanol–water partition coefficient (Wildman–Crippen LogP) is 7.83. The van der Waals surface area contributed by atoms with E-state index in [0.717, 1.165) is 28.3 Å². The van der Waals surface area contributed by atoms with Crippen LogP contribution in [0.5, 0.6) is 5.75 Å². The number of halogens is 2. The molecule has 6 heteroatoms. The van der Waals surface area contributed by atoms with Crippen molar-refractivity contribution in [3.63, 3.8) is 0 Å². The number of aryl methyl sites for hydroxylation is 1. The lowest BCUT2D eigenvalue weighted by Crippen LogP contribution is -2.13. The fourth-order valence-corrected chi connectivity index (χ4v) is 4.24. The first-order valence-corrected chi connectivity index (χ1v) is 11.8. The molecule has 0 unspecified atom stereocenters. The molecule has 0 aliphatic carbocycles. The number of nitrogens with zero attached hydrogens (tertiary/aromatic N) is 1. The number of rotatable bonds is 7. The number of carbonyl (C=O) groups excluding carboxylic acids is 1. The molecule has 0 saturated heterocycles. The number of benzene rings is 4. The second-order valence-corrected chi connectivity index (χ2v) is 8.77. The zero-order valence-electron chi connectivity index (χ0n) is 19.0. The molecule has 0 radical (unpaired) electrons. The Hall–Kier alpha value is -3.78. The first kappa shape index (κ1) is 24.3. The van der Waals surface area contributed by atoms with E-state index in [4.69, 9.17) is 27.9 Å². The van der Waals surface area contributed by atoms with E-state index in [2.05, 4.69) is 24.4 Å². The largest absolute Gasteiger partial charge is 0.486 e. The molecule has 1 N–H and O–H groups in total. The van der Waals surface area contributed by atoms with E-state index in [-0.39, 0.29) is 15.6 Å². The van der Waals surface area contributed by atoms with Crippen LogP contribution in [0.1, 0.15) is 23.6 Å². The first-order chi connectivity index (χ1) is 17.0. The van der Waals surface area contributed by atoms with Crippen LogP contribution in [0.2, 0.25) is 10.0 Å². The van der Waals surface area contributed by atoms with Gasteiger partial charge in [0, 0.05) is 5.69 Å². The minimum absolute atomic E-state index is 0.0680. The van der Waals surface area contributed by atoms with Crippen LogP contribution in [0.15, 0.2) is 84.4 Å². The standard InChI is InChI=1S/C29H22Cl2N2O2/c1-2-19-8-11-25(12-9-19)33-29(34)24(17-32)14-21-15-26(30)28(27(31)16-21)35-18-20-7-10-22-5-3-4-6-23(22)13-20/h3-16H,2,18H2,1H3,(H,33,34)/b24-14+. The molecule has 0 fully saturated rings. The number of fused-ring (bicyclic) bond motifs is 1. The number of carbonyl (C=O) groups is 1. The summed E-state index contributed by atoms with van der Waals surface area (Å²) in [6, 6.07) is 26.8. The summed E-state index contributed by atoms with van der Waals surface area (Å²) in [7, 11) is 0. The molecule has 0 aliphatic heterocycles. The van der Waals surface area contributed by atoms with E-state index < -0.39 is 5.91 Å². The third-order valence-corrected chi connectivity index (χ3v) is 6.08. The minimum atomic E-state index is -0.513. The van der Waals surface area contributed by atoms with Crippen molar-refractivity contribution in [1.82, 2.24) is 0 Å². The Bertz CT molecular complexity index is 1430. The van der Waals surface area contributed by atoms with Crippen molar-refractivity contribution >= 4 is 51.6 Å². The molecule has 0 atom stereocenters. The van der Waals surface area contributed by atoms with Gasteiger partial charge < -0.3 is 10.1 Å². The van der Waals surface area contributed by atoms with Gasteiger partial charge in [0.1, 0.15) is 18.2 Å². The second kappa shape index (κ2) is 11.1. The number of hydrogen-bond donors (Lipinski definition) is 1. The van der Waals surface area contributed by atoms with Crippen LogP contribution in [0.3, 0.4) is 0 Å². The van der Waals surface area contributed by atoms with Gasteiger partial charge in [-0.3, -0.25) is 4.79 Å². The van der Waals surface area contributed by atoms with E-state index in [0.29, 0.717) is 23.6 Å². The first-order valence-electron chi connectivity index (χ1n) is 11.1. The van der Waals surface area contributed by atoms with Crippen molar-refractivity contribution in [3.8, 4) is 11.8 Å². The molecule has 0 heterocycles. The second-order valence-electron chi connectivity index (χ2n) is 7.96. The molecule has 1 amide bonds. The maximum Gasteiger partial charge on any atom is 0.266 e. The van der Waals surface area contributed by atoms with Gasteiger partial charge in [-0.1, -0.05) is 78.7 Å². The summed E-state index contributed by atoms with van der Waals surface area (Å²) in [5, 5.41) is 15.1. The Morgan fingerprint density at radius 1 is 0.943 bits per heavy atom. The van der Waals surface area contributed by atoms with Crippen LogP contribution >= 0.6 is 23.2 Å². The predicted molar refractivity (Wildman–Crippen MR) is 143 cm³/mol. The fraction of sp³-hybridized carbons (Fsp3) is 0.103. The number of nitrogens with one attached hydrogen (secondary N) is 1. The van der Waals surface area contributed by atoms with Gasteiger partial charge in [-0.05, 0) is 70.3 Å². The SMILES string of the molecule is CCc1ccc(NC(=O)/C(C#N)=C/c2cc(Cl)c(OCc3ccc4ccccc4c3)c(Cl)c2)cc1.